The first-order valence-electron chi connectivity index (χ1n) is 6.32. The predicted molar refractivity (Wildman–Crippen MR) is 62.1 cm³/mol. The number of hydrogen-bond donors (Lipinski definition) is 2. The smallest absolute Gasteiger partial charge is 0.0647 e. The van der Waals surface area contributed by atoms with Crippen molar-refractivity contribution in [2.24, 2.45) is 5.92 Å². The average molecular weight is 212 g/mol. The van der Waals surface area contributed by atoms with E-state index in [4.69, 9.17) is 4.74 Å². The molecule has 0 aromatic rings. The zero-order valence-corrected chi connectivity index (χ0v) is 9.85. The van der Waals surface area contributed by atoms with Crippen LogP contribution in [0.15, 0.2) is 0 Å². The van der Waals surface area contributed by atoms with E-state index in [2.05, 4.69) is 10.6 Å². The third kappa shape index (κ3) is 2.52. The van der Waals surface area contributed by atoms with Crippen molar-refractivity contribution in [3.63, 3.8) is 0 Å². The molecule has 2 N–H and O–H groups in total. The highest BCUT2D eigenvalue weighted by atomic mass is 16.5. The van der Waals surface area contributed by atoms with Crippen LogP contribution in [0.3, 0.4) is 0 Å². The van der Waals surface area contributed by atoms with Gasteiger partial charge in [0.15, 0.2) is 0 Å². The Morgan fingerprint density at radius 2 is 2.00 bits per heavy atom. The maximum atomic E-state index is 5.45. The van der Waals surface area contributed by atoms with E-state index in [0.29, 0.717) is 0 Å². The number of ether oxygens (including phenoxy) is 1. The summed E-state index contributed by atoms with van der Waals surface area (Å²) in [4.78, 5) is 0. The summed E-state index contributed by atoms with van der Waals surface area (Å²) in [6.45, 7) is 4.42. The summed E-state index contributed by atoms with van der Waals surface area (Å²) in [5.74, 6) is 0.805. The van der Waals surface area contributed by atoms with E-state index in [-0.39, 0.29) is 5.54 Å². The van der Waals surface area contributed by atoms with Gasteiger partial charge >= 0.3 is 0 Å². The Morgan fingerprint density at radius 1 is 1.20 bits per heavy atom. The molecule has 2 rings (SSSR count). The quantitative estimate of drug-likeness (QED) is 0.736. The maximum absolute atomic E-state index is 5.45. The second-order valence-electron chi connectivity index (χ2n) is 5.00. The number of hydrogen-bond acceptors (Lipinski definition) is 3. The van der Waals surface area contributed by atoms with Crippen LogP contribution in [0, 0.1) is 5.92 Å². The molecule has 2 fully saturated rings. The van der Waals surface area contributed by atoms with Gasteiger partial charge in [0, 0.05) is 12.6 Å². The molecule has 0 radical (unpaired) electrons. The van der Waals surface area contributed by atoms with Crippen molar-refractivity contribution in [1.29, 1.82) is 0 Å². The van der Waals surface area contributed by atoms with Gasteiger partial charge in [-0.15, -0.1) is 0 Å². The van der Waals surface area contributed by atoms with Gasteiger partial charge in [-0.05, 0) is 51.2 Å². The van der Waals surface area contributed by atoms with E-state index in [9.17, 15) is 0 Å². The molecule has 2 aliphatic rings. The summed E-state index contributed by atoms with van der Waals surface area (Å²) in [5.41, 5.74) is 0.287. The lowest BCUT2D eigenvalue weighted by Gasteiger charge is -2.45. The van der Waals surface area contributed by atoms with Crippen LogP contribution < -0.4 is 10.6 Å². The lowest BCUT2D eigenvalue weighted by atomic mass is 9.74. The Hall–Kier alpha value is -0.120. The topological polar surface area (TPSA) is 33.3 Å². The number of nitrogens with one attached hydrogen (secondary N) is 2. The van der Waals surface area contributed by atoms with Crippen LogP contribution in [-0.2, 0) is 4.74 Å². The molecule has 0 spiro atoms. The SMILES string of the molecule is COCC1(C2CCNCC2)CCCCN1. The van der Waals surface area contributed by atoms with Crippen LogP contribution in [0.4, 0.5) is 0 Å². The van der Waals surface area contributed by atoms with E-state index in [1.807, 2.05) is 7.11 Å². The zero-order valence-electron chi connectivity index (χ0n) is 9.85. The fourth-order valence-electron chi connectivity index (χ4n) is 3.21. The van der Waals surface area contributed by atoms with Crippen molar-refractivity contribution in [1.82, 2.24) is 10.6 Å². The minimum atomic E-state index is 0.287. The van der Waals surface area contributed by atoms with Gasteiger partial charge in [0.25, 0.3) is 0 Å². The molecule has 3 heteroatoms. The minimum Gasteiger partial charge on any atom is -0.383 e. The number of piperidine rings is 2. The predicted octanol–water partition coefficient (Wildman–Crippen LogP) is 1.14. The van der Waals surface area contributed by atoms with E-state index in [1.165, 1.54) is 51.7 Å². The second-order valence-corrected chi connectivity index (χ2v) is 5.00. The highest BCUT2D eigenvalue weighted by molar-refractivity contribution is 4.98. The molecule has 0 aromatic heterocycles. The molecule has 0 amide bonds. The second kappa shape index (κ2) is 5.28. The standard InChI is InChI=1S/C12H24N2O/c1-15-10-12(6-2-3-7-14-12)11-4-8-13-9-5-11/h11,13-14H,2-10H2,1H3. The van der Waals surface area contributed by atoms with Crippen LogP contribution in [0.5, 0.6) is 0 Å². The van der Waals surface area contributed by atoms with Crippen LogP contribution in [0.1, 0.15) is 32.1 Å². The Balaban J connectivity index is 2.01. The first kappa shape index (κ1) is 11.4. The summed E-state index contributed by atoms with van der Waals surface area (Å²) in [6.07, 6.45) is 6.59. The Kier molecular flexibility index (Phi) is 4.00. The highest BCUT2D eigenvalue weighted by Gasteiger charge is 2.39. The first-order chi connectivity index (χ1) is 7.37. The van der Waals surface area contributed by atoms with E-state index in [0.717, 1.165) is 12.5 Å². The van der Waals surface area contributed by atoms with Crippen LogP contribution in [0.25, 0.3) is 0 Å². The van der Waals surface area contributed by atoms with Crippen molar-refractivity contribution < 1.29 is 4.74 Å². The van der Waals surface area contributed by atoms with Crippen molar-refractivity contribution in [3.8, 4) is 0 Å². The van der Waals surface area contributed by atoms with Gasteiger partial charge in [-0.1, -0.05) is 6.42 Å². The monoisotopic (exact) mass is 212 g/mol. The summed E-state index contributed by atoms with van der Waals surface area (Å²) in [5, 5.41) is 7.20. The maximum Gasteiger partial charge on any atom is 0.0647 e. The van der Waals surface area contributed by atoms with Gasteiger partial charge in [-0.3, -0.25) is 0 Å². The van der Waals surface area contributed by atoms with Gasteiger partial charge in [-0.2, -0.15) is 0 Å². The van der Waals surface area contributed by atoms with Crippen LogP contribution in [-0.4, -0.2) is 38.9 Å². The van der Waals surface area contributed by atoms with Gasteiger partial charge in [-0.25, -0.2) is 0 Å². The summed E-state index contributed by atoms with van der Waals surface area (Å²) in [7, 11) is 1.83. The minimum absolute atomic E-state index is 0.287. The fourth-order valence-corrected chi connectivity index (χ4v) is 3.21. The molecule has 2 heterocycles. The number of rotatable bonds is 3. The molecular formula is C12H24N2O. The Bertz CT molecular complexity index is 179. The van der Waals surface area contributed by atoms with Crippen molar-refractivity contribution in [2.45, 2.75) is 37.6 Å². The Labute approximate surface area is 93.0 Å². The molecule has 0 bridgehead atoms. The highest BCUT2D eigenvalue weighted by Crippen LogP contribution is 2.33. The molecule has 2 saturated heterocycles. The van der Waals surface area contributed by atoms with E-state index >= 15 is 0 Å². The van der Waals surface area contributed by atoms with Crippen LogP contribution in [0.2, 0.25) is 0 Å². The van der Waals surface area contributed by atoms with Crippen molar-refractivity contribution >= 4 is 0 Å². The molecule has 88 valence electrons. The summed E-state index contributed by atoms with van der Waals surface area (Å²) in [6, 6.07) is 0. The molecule has 0 aliphatic carbocycles. The normalized spacial score (nSPS) is 34.2. The lowest BCUT2D eigenvalue weighted by molar-refractivity contribution is 0.0362. The van der Waals surface area contributed by atoms with Crippen molar-refractivity contribution in [2.75, 3.05) is 33.4 Å². The molecule has 0 saturated carbocycles. The molecule has 2 aliphatic heterocycles. The van der Waals surface area contributed by atoms with Gasteiger partial charge < -0.3 is 15.4 Å². The van der Waals surface area contributed by atoms with E-state index in [1.54, 1.807) is 0 Å². The molecule has 0 aromatic carbocycles. The zero-order chi connectivity index (χ0) is 10.6. The summed E-state index contributed by atoms with van der Waals surface area (Å²) >= 11 is 0. The lowest BCUT2D eigenvalue weighted by Crippen LogP contribution is -2.58. The average Bonchev–Trinajstić information content (AvgIpc) is 2.32. The molecule has 1 unspecified atom stereocenters. The van der Waals surface area contributed by atoms with E-state index < -0.39 is 0 Å². The first-order valence-corrected chi connectivity index (χ1v) is 6.32. The molecular weight excluding hydrogens is 188 g/mol. The summed E-state index contributed by atoms with van der Waals surface area (Å²) < 4.78 is 5.45. The molecule has 15 heavy (non-hydrogen) atoms. The largest absolute Gasteiger partial charge is 0.383 e. The Morgan fingerprint density at radius 3 is 2.60 bits per heavy atom. The van der Waals surface area contributed by atoms with Crippen molar-refractivity contribution in [3.05, 3.63) is 0 Å². The van der Waals surface area contributed by atoms with Gasteiger partial charge in [0.05, 0.1) is 6.61 Å². The third-order valence-corrected chi connectivity index (χ3v) is 4.05. The molecule has 3 nitrogen and oxygen atoms in total. The van der Waals surface area contributed by atoms with Gasteiger partial charge in [0.1, 0.15) is 0 Å². The fraction of sp³-hybridized carbons (Fsp3) is 1.00. The third-order valence-electron chi connectivity index (χ3n) is 4.05. The van der Waals surface area contributed by atoms with Gasteiger partial charge in [0.2, 0.25) is 0 Å². The molecule has 1 atom stereocenters. The van der Waals surface area contributed by atoms with Crippen LogP contribution >= 0.6 is 0 Å². The number of methoxy groups -OCH3 is 1.